The first-order valence-electron chi connectivity index (χ1n) is 11.0. The maximum absolute atomic E-state index is 11.7. The summed E-state index contributed by atoms with van der Waals surface area (Å²) in [5, 5.41) is 10.9. The van der Waals surface area contributed by atoms with Crippen molar-refractivity contribution in [3.63, 3.8) is 0 Å². The molecule has 0 radical (unpaired) electrons. The van der Waals surface area contributed by atoms with Gasteiger partial charge in [-0.1, -0.05) is 33.1 Å². The van der Waals surface area contributed by atoms with E-state index in [1.165, 1.54) is 32.1 Å². The van der Waals surface area contributed by atoms with Crippen LogP contribution in [0.4, 0.5) is 0 Å². The minimum atomic E-state index is -0.167. The predicted octanol–water partition coefficient (Wildman–Crippen LogP) is 3.89. The summed E-state index contributed by atoms with van der Waals surface area (Å²) >= 11 is 0. The van der Waals surface area contributed by atoms with Crippen molar-refractivity contribution in [1.82, 2.24) is 5.32 Å². The highest BCUT2D eigenvalue weighted by Gasteiger charge is 2.13. The molecule has 1 atom stereocenters. The molecule has 1 saturated carbocycles. The molecule has 0 saturated heterocycles. The number of hydrogen-bond acceptors (Lipinski definition) is 5. The Morgan fingerprint density at radius 3 is 2.32 bits per heavy atom. The van der Waals surface area contributed by atoms with Crippen LogP contribution in [0, 0.1) is 5.92 Å². The van der Waals surface area contributed by atoms with Crippen LogP contribution in [-0.2, 0) is 19.1 Å². The maximum atomic E-state index is 11.7. The number of nitrogens with one attached hydrogen (secondary N) is 1. The number of ether oxygens (including phenoxy) is 2. The van der Waals surface area contributed by atoms with Gasteiger partial charge in [-0.15, -0.1) is 0 Å². The Balaban J connectivity index is 0. The minimum Gasteiger partial charge on any atom is -0.394 e. The van der Waals surface area contributed by atoms with E-state index in [0.29, 0.717) is 45.3 Å². The van der Waals surface area contributed by atoms with E-state index in [0.717, 1.165) is 12.8 Å². The second kappa shape index (κ2) is 18.1. The first kappa shape index (κ1) is 27.0. The van der Waals surface area contributed by atoms with Crippen molar-refractivity contribution >= 4 is 11.7 Å². The SMILES string of the molecule is CC(C)O.CCC(C)C(=O)CCOCCNC(=O)CCCOC1CCCCC1.[HH]. The van der Waals surface area contributed by atoms with Gasteiger partial charge in [0, 0.05) is 39.4 Å². The highest BCUT2D eigenvalue weighted by Crippen LogP contribution is 2.20. The second-order valence-electron chi connectivity index (χ2n) is 7.82. The molecule has 0 aromatic rings. The third-order valence-electron chi connectivity index (χ3n) is 4.68. The van der Waals surface area contributed by atoms with Gasteiger partial charge in [0.25, 0.3) is 0 Å². The first-order chi connectivity index (χ1) is 13.4. The Bertz CT molecular complexity index is 398. The van der Waals surface area contributed by atoms with Crippen molar-refractivity contribution in [3.05, 3.63) is 0 Å². The number of carbonyl (C=O) groups excluding carboxylic acids is 2. The normalized spacial score (nSPS) is 15.6. The fourth-order valence-corrected chi connectivity index (χ4v) is 2.81. The third-order valence-corrected chi connectivity index (χ3v) is 4.68. The van der Waals surface area contributed by atoms with Crippen molar-refractivity contribution in [3.8, 4) is 0 Å². The average Bonchev–Trinajstić information content (AvgIpc) is 2.67. The third kappa shape index (κ3) is 17.1. The van der Waals surface area contributed by atoms with E-state index in [-0.39, 0.29) is 25.1 Å². The quantitative estimate of drug-likeness (QED) is 0.456. The standard InChI is InChI=1S/C19H35NO4.C3H8O.H2/c1-3-16(2)18(21)11-14-23-15-12-20-19(22)10-7-13-24-17-8-5-4-6-9-17;1-3(2)4;/h16-17H,3-15H2,1-2H3,(H,20,22);3-4H,1-2H3;1H. The average molecular weight is 404 g/mol. The van der Waals surface area contributed by atoms with Gasteiger partial charge in [-0.25, -0.2) is 0 Å². The van der Waals surface area contributed by atoms with E-state index < -0.39 is 0 Å². The molecule has 0 heterocycles. The summed E-state index contributed by atoms with van der Waals surface area (Å²) in [6.07, 6.45) is 9.06. The fourth-order valence-electron chi connectivity index (χ4n) is 2.81. The van der Waals surface area contributed by atoms with Gasteiger partial charge in [0.1, 0.15) is 5.78 Å². The minimum absolute atomic E-state index is 0. The molecule has 1 aliphatic rings. The number of aliphatic hydroxyl groups excluding tert-OH is 1. The molecule has 0 aromatic heterocycles. The van der Waals surface area contributed by atoms with Gasteiger partial charge >= 0.3 is 0 Å². The number of Topliss-reactive ketones (excluding diaryl/α,β-unsaturated/α-hetero) is 1. The van der Waals surface area contributed by atoms with Crippen LogP contribution in [-0.4, -0.2) is 55.4 Å². The van der Waals surface area contributed by atoms with Crippen molar-refractivity contribution in [2.75, 3.05) is 26.4 Å². The Morgan fingerprint density at radius 2 is 1.71 bits per heavy atom. The van der Waals surface area contributed by atoms with Gasteiger partial charge in [-0.3, -0.25) is 9.59 Å². The molecule has 1 unspecified atom stereocenters. The Hall–Kier alpha value is -0.980. The van der Waals surface area contributed by atoms with Crippen molar-refractivity contribution in [2.24, 2.45) is 5.92 Å². The molecule has 1 aliphatic carbocycles. The Morgan fingerprint density at radius 1 is 1.07 bits per heavy atom. The second-order valence-corrected chi connectivity index (χ2v) is 7.82. The molecule has 28 heavy (non-hydrogen) atoms. The lowest BCUT2D eigenvalue weighted by Gasteiger charge is -2.21. The van der Waals surface area contributed by atoms with Gasteiger partial charge in [0.15, 0.2) is 0 Å². The largest absolute Gasteiger partial charge is 0.394 e. The zero-order valence-electron chi connectivity index (χ0n) is 18.5. The molecule has 0 spiro atoms. The van der Waals surface area contributed by atoms with Crippen LogP contribution < -0.4 is 5.32 Å². The van der Waals surface area contributed by atoms with Crippen molar-refractivity contribution in [2.45, 2.75) is 97.7 Å². The number of carbonyl (C=O) groups is 2. The van der Waals surface area contributed by atoms with Gasteiger partial charge < -0.3 is 19.9 Å². The van der Waals surface area contributed by atoms with Crippen molar-refractivity contribution in [1.29, 1.82) is 0 Å². The lowest BCUT2D eigenvalue weighted by molar-refractivity contribution is -0.124. The lowest BCUT2D eigenvalue weighted by atomic mass is 9.98. The number of aliphatic hydroxyl groups is 1. The van der Waals surface area contributed by atoms with E-state index in [2.05, 4.69) is 5.32 Å². The number of hydrogen-bond donors (Lipinski definition) is 2. The Labute approximate surface area is 173 Å². The van der Waals surface area contributed by atoms with E-state index in [1.54, 1.807) is 13.8 Å². The van der Waals surface area contributed by atoms with Crippen LogP contribution in [0.5, 0.6) is 0 Å². The van der Waals surface area contributed by atoms with Crippen LogP contribution in [0.25, 0.3) is 0 Å². The van der Waals surface area contributed by atoms with Crippen LogP contribution in [0.2, 0.25) is 0 Å². The smallest absolute Gasteiger partial charge is 0.220 e. The van der Waals surface area contributed by atoms with Crippen LogP contribution in [0.1, 0.15) is 86.9 Å². The predicted molar refractivity (Wildman–Crippen MR) is 114 cm³/mol. The lowest BCUT2D eigenvalue weighted by Crippen LogP contribution is -2.28. The van der Waals surface area contributed by atoms with Gasteiger partial charge in [-0.05, 0) is 39.5 Å². The van der Waals surface area contributed by atoms with Crippen molar-refractivity contribution < 1.29 is 25.6 Å². The monoisotopic (exact) mass is 403 g/mol. The first-order valence-corrected chi connectivity index (χ1v) is 11.0. The summed E-state index contributed by atoms with van der Waals surface area (Å²) in [6, 6.07) is 0. The highest BCUT2D eigenvalue weighted by atomic mass is 16.5. The molecule has 0 bridgehead atoms. The van der Waals surface area contributed by atoms with E-state index in [1.807, 2.05) is 13.8 Å². The molecule has 1 rings (SSSR count). The van der Waals surface area contributed by atoms with E-state index in [4.69, 9.17) is 14.6 Å². The summed E-state index contributed by atoms with van der Waals surface area (Å²) in [4.78, 5) is 23.3. The zero-order valence-corrected chi connectivity index (χ0v) is 18.5. The molecular weight excluding hydrogens is 358 g/mol. The summed E-state index contributed by atoms with van der Waals surface area (Å²) in [5.41, 5.74) is 0. The van der Waals surface area contributed by atoms with E-state index in [9.17, 15) is 9.59 Å². The Kier molecular flexibility index (Phi) is 17.4. The van der Waals surface area contributed by atoms with Gasteiger partial charge in [-0.2, -0.15) is 0 Å². The van der Waals surface area contributed by atoms with Crippen LogP contribution in [0.3, 0.4) is 0 Å². The summed E-state index contributed by atoms with van der Waals surface area (Å²) in [5.74, 6) is 0.408. The summed E-state index contributed by atoms with van der Waals surface area (Å²) in [6.45, 7) is 9.47. The molecule has 6 nitrogen and oxygen atoms in total. The zero-order chi connectivity index (χ0) is 21.2. The highest BCUT2D eigenvalue weighted by molar-refractivity contribution is 5.80. The van der Waals surface area contributed by atoms with E-state index >= 15 is 0 Å². The maximum Gasteiger partial charge on any atom is 0.220 e. The number of amides is 1. The molecule has 2 N–H and O–H groups in total. The molecule has 0 aliphatic heterocycles. The number of rotatable bonds is 13. The molecule has 0 aromatic carbocycles. The summed E-state index contributed by atoms with van der Waals surface area (Å²) < 4.78 is 11.2. The fraction of sp³-hybridized carbons (Fsp3) is 0.909. The van der Waals surface area contributed by atoms with Gasteiger partial charge in [0.05, 0.1) is 19.3 Å². The molecule has 1 fully saturated rings. The molecule has 6 heteroatoms. The topological polar surface area (TPSA) is 84.9 Å². The van der Waals surface area contributed by atoms with Crippen LogP contribution in [0.15, 0.2) is 0 Å². The van der Waals surface area contributed by atoms with Crippen LogP contribution >= 0.6 is 0 Å². The molecular formula is C22H45NO5. The summed E-state index contributed by atoms with van der Waals surface area (Å²) in [7, 11) is 0. The van der Waals surface area contributed by atoms with Gasteiger partial charge in [0.2, 0.25) is 5.91 Å². The molecule has 168 valence electrons. The number of ketones is 1. The molecule has 1 amide bonds.